The minimum absolute atomic E-state index is 0.659. The van der Waals surface area contributed by atoms with Crippen molar-refractivity contribution in [3.8, 4) is 0 Å². The maximum Gasteiger partial charge on any atom is 0.194 e. The normalized spacial score (nSPS) is 13.4. The van der Waals surface area contributed by atoms with Gasteiger partial charge in [-0.05, 0) is 13.2 Å². The molecule has 0 spiro atoms. The summed E-state index contributed by atoms with van der Waals surface area (Å²) < 4.78 is 2.18. The second-order valence-corrected chi connectivity index (χ2v) is 6.03. The predicted octanol–water partition coefficient (Wildman–Crippen LogP) is 2.55. The molecule has 2 aromatic heterocycles. The number of thiazole rings is 1. The molecule has 3 nitrogen and oxygen atoms in total. The smallest absolute Gasteiger partial charge is 0.194 e. The summed E-state index contributed by atoms with van der Waals surface area (Å²) in [4.78, 5) is 5.62. The van der Waals surface area contributed by atoms with E-state index in [9.17, 15) is 0 Å². The van der Waals surface area contributed by atoms with Crippen molar-refractivity contribution in [3.63, 3.8) is 0 Å². The molecule has 0 aliphatic rings. The van der Waals surface area contributed by atoms with Gasteiger partial charge in [-0.3, -0.25) is 4.40 Å². The largest absolute Gasteiger partial charge is 0.310 e. The van der Waals surface area contributed by atoms with E-state index in [0.717, 1.165) is 23.7 Å². The summed E-state index contributed by atoms with van der Waals surface area (Å²) in [7, 11) is 0. The van der Waals surface area contributed by atoms with Crippen molar-refractivity contribution in [2.24, 2.45) is 0 Å². The highest BCUT2D eigenvalue weighted by atomic mass is 32.2. The van der Waals surface area contributed by atoms with E-state index in [1.165, 1.54) is 5.69 Å². The van der Waals surface area contributed by atoms with Gasteiger partial charge in [-0.1, -0.05) is 6.92 Å². The van der Waals surface area contributed by atoms with E-state index < -0.39 is 0 Å². The van der Waals surface area contributed by atoms with Crippen molar-refractivity contribution in [1.29, 1.82) is 0 Å². The van der Waals surface area contributed by atoms with Crippen LogP contribution in [0, 0.1) is 6.92 Å². The van der Waals surface area contributed by atoms with E-state index in [4.69, 9.17) is 0 Å². The molecule has 0 fully saturated rings. The van der Waals surface area contributed by atoms with E-state index in [1.807, 2.05) is 11.8 Å². The Morgan fingerprint density at radius 3 is 3.19 bits per heavy atom. The van der Waals surface area contributed by atoms with Crippen LogP contribution in [0.2, 0.25) is 0 Å². The van der Waals surface area contributed by atoms with Crippen molar-refractivity contribution >= 4 is 28.1 Å². The van der Waals surface area contributed by atoms with Gasteiger partial charge >= 0.3 is 0 Å². The van der Waals surface area contributed by atoms with Gasteiger partial charge in [-0.2, -0.15) is 11.8 Å². The number of nitrogens with one attached hydrogen (secondary N) is 1. The summed E-state index contributed by atoms with van der Waals surface area (Å²) in [6, 6.07) is 0. The fraction of sp³-hybridized carbons (Fsp3) is 0.545. The molecule has 16 heavy (non-hydrogen) atoms. The Morgan fingerprint density at radius 2 is 2.44 bits per heavy atom. The molecule has 2 heterocycles. The third kappa shape index (κ3) is 2.42. The van der Waals surface area contributed by atoms with Crippen molar-refractivity contribution in [1.82, 2.24) is 14.7 Å². The summed E-state index contributed by atoms with van der Waals surface area (Å²) in [5.41, 5.74) is 2.42. The number of rotatable bonds is 5. The first-order valence-corrected chi connectivity index (χ1v) is 7.53. The molecule has 0 amide bonds. The topological polar surface area (TPSA) is 29.3 Å². The number of hydrogen-bond donors (Lipinski definition) is 1. The number of aromatic nitrogens is 2. The van der Waals surface area contributed by atoms with E-state index in [0.29, 0.717) is 5.25 Å². The van der Waals surface area contributed by atoms with Crippen LogP contribution in [-0.4, -0.2) is 27.4 Å². The summed E-state index contributed by atoms with van der Waals surface area (Å²) >= 11 is 3.58. The zero-order valence-corrected chi connectivity index (χ0v) is 11.5. The highest BCUT2D eigenvalue weighted by Gasteiger charge is 2.09. The van der Waals surface area contributed by atoms with Gasteiger partial charge in [-0.25, -0.2) is 4.98 Å². The first-order chi connectivity index (χ1) is 7.72. The quantitative estimate of drug-likeness (QED) is 0.890. The van der Waals surface area contributed by atoms with E-state index in [-0.39, 0.29) is 0 Å². The number of fused-ring (bicyclic) bond motifs is 1. The van der Waals surface area contributed by atoms with Gasteiger partial charge in [0.1, 0.15) is 0 Å². The lowest BCUT2D eigenvalue weighted by Crippen LogP contribution is -2.23. The van der Waals surface area contributed by atoms with Crippen molar-refractivity contribution in [2.45, 2.75) is 25.6 Å². The number of imidazole rings is 1. The van der Waals surface area contributed by atoms with Gasteiger partial charge in [0, 0.05) is 29.9 Å². The fourth-order valence-corrected chi connectivity index (χ4v) is 2.69. The zero-order chi connectivity index (χ0) is 11.5. The average molecular weight is 255 g/mol. The van der Waals surface area contributed by atoms with Gasteiger partial charge in [0.2, 0.25) is 0 Å². The minimum atomic E-state index is 0.659. The lowest BCUT2D eigenvalue weighted by molar-refractivity contribution is 0.666. The van der Waals surface area contributed by atoms with Crippen LogP contribution >= 0.6 is 23.1 Å². The molecule has 2 rings (SSSR count). The highest BCUT2D eigenvalue weighted by molar-refractivity contribution is 7.99. The molecular weight excluding hydrogens is 238 g/mol. The first-order valence-electron chi connectivity index (χ1n) is 5.37. The van der Waals surface area contributed by atoms with Crippen molar-refractivity contribution < 1.29 is 0 Å². The first kappa shape index (κ1) is 12.0. The summed E-state index contributed by atoms with van der Waals surface area (Å²) in [6.45, 7) is 6.25. The molecule has 88 valence electrons. The standard InChI is InChI=1S/C11H17N3S2/c1-8(15-3)6-12-7-10-9(2)13-11-14(10)4-5-16-11/h4-5,8,12H,6-7H2,1-3H3. The second-order valence-electron chi connectivity index (χ2n) is 3.88. The number of nitrogens with zero attached hydrogens (tertiary/aromatic N) is 2. The van der Waals surface area contributed by atoms with Crippen molar-refractivity contribution in [3.05, 3.63) is 23.0 Å². The Kier molecular flexibility index (Phi) is 3.89. The Hall–Kier alpha value is -0.520. The third-order valence-corrected chi connectivity index (χ3v) is 4.42. The van der Waals surface area contributed by atoms with Gasteiger partial charge < -0.3 is 5.32 Å². The van der Waals surface area contributed by atoms with Crippen LogP contribution in [0.3, 0.4) is 0 Å². The molecule has 1 unspecified atom stereocenters. The summed E-state index contributed by atoms with van der Waals surface area (Å²) in [5, 5.41) is 6.22. The molecular formula is C11H17N3S2. The van der Waals surface area contributed by atoms with Crippen LogP contribution < -0.4 is 5.32 Å². The fourth-order valence-electron chi connectivity index (χ4n) is 1.63. The highest BCUT2D eigenvalue weighted by Crippen LogP contribution is 2.16. The summed E-state index contributed by atoms with van der Waals surface area (Å²) in [6.07, 6.45) is 4.24. The maximum atomic E-state index is 4.53. The lowest BCUT2D eigenvalue weighted by atomic mass is 10.3. The molecule has 1 N–H and O–H groups in total. The SMILES string of the molecule is CSC(C)CNCc1c(C)nc2sccn12. The van der Waals surface area contributed by atoms with Gasteiger partial charge in [0.15, 0.2) is 4.96 Å². The number of aryl methyl sites for hydroxylation is 1. The maximum absolute atomic E-state index is 4.53. The second kappa shape index (κ2) is 5.21. The Bertz CT molecular complexity index is 461. The van der Waals surface area contributed by atoms with E-state index in [1.54, 1.807) is 11.3 Å². The van der Waals surface area contributed by atoms with Crippen LogP contribution in [-0.2, 0) is 6.54 Å². The Morgan fingerprint density at radius 1 is 1.62 bits per heavy atom. The third-order valence-electron chi connectivity index (χ3n) is 2.69. The van der Waals surface area contributed by atoms with Crippen LogP contribution in [0.4, 0.5) is 0 Å². The Labute approximate surface area is 104 Å². The van der Waals surface area contributed by atoms with E-state index in [2.05, 4.69) is 46.4 Å². The average Bonchev–Trinajstić information content (AvgIpc) is 2.81. The van der Waals surface area contributed by atoms with Gasteiger partial charge in [0.05, 0.1) is 11.4 Å². The van der Waals surface area contributed by atoms with Gasteiger partial charge in [0.25, 0.3) is 0 Å². The molecule has 0 saturated carbocycles. The molecule has 2 aromatic rings. The molecule has 0 saturated heterocycles. The van der Waals surface area contributed by atoms with Crippen LogP contribution in [0.15, 0.2) is 11.6 Å². The number of hydrogen-bond acceptors (Lipinski definition) is 4. The van der Waals surface area contributed by atoms with Crippen LogP contribution in [0.1, 0.15) is 18.3 Å². The number of thioether (sulfide) groups is 1. The van der Waals surface area contributed by atoms with Crippen LogP contribution in [0.25, 0.3) is 4.96 Å². The van der Waals surface area contributed by atoms with Gasteiger partial charge in [-0.15, -0.1) is 11.3 Å². The van der Waals surface area contributed by atoms with E-state index >= 15 is 0 Å². The monoisotopic (exact) mass is 255 g/mol. The lowest BCUT2D eigenvalue weighted by Gasteiger charge is -2.09. The molecule has 5 heteroatoms. The molecule has 0 aliphatic heterocycles. The Balaban J connectivity index is 2.03. The molecule has 0 aromatic carbocycles. The molecule has 0 aliphatic carbocycles. The minimum Gasteiger partial charge on any atom is -0.310 e. The molecule has 0 bridgehead atoms. The zero-order valence-electron chi connectivity index (χ0n) is 9.86. The summed E-state index contributed by atoms with van der Waals surface area (Å²) in [5.74, 6) is 0. The molecule has 0 radical (unpaired) electrons. The van der Waals surface area contributed by atoms with Crippen LogP contribution in [0.5, 0.6) is 0 Å². The predicted molar refractivity (Wildman–Crippen MR) is 72.5 cm³/mol. The molecule has 1 atom stereocenters. The van der Waals surface area contributed by atoms with Crippen molar-refractivity contribution in [2.75, 3.05) is 12.8 Å².